The Kier molecular flexibility index (Phi) is 3.91. The summed E-state index contributed by atoms with van der Waals surface area (Å²) in [7, 11) is 0. The minimum absolute atomic E-state index is 0.152. The second kappa shape index (κ2) is 5.61. The molecule has 1 unspecified atom stereocenters. The number of aryl methyl sites for hydroxylation is 1. The highest BCUT2D eigenvalue weighted by Gasteiger charge is 2.23. The zero-order chi connectivity index (χ0) is 13.8. The fourth-order valence-electron chi connectivity index (χ4n) is 1.56. The smallest absolute Gasteiger partial charge is 0.326 e. The second-order valence-electron chi connectivity index (χ2n) is 3.91. The van der Waals surface area contributed by atoms with Gasteiger partial charge < -0.3 is 15.4 Å². The molecule has 2 aromatic rings. The number of aliphatic carboxylic acids is 1. The molecule has 2 aromatic heterocycles. The molecular weight excluding hydrogens is 268 g/mol. The number of carbonyl (C=O) groups excluding carboxylic acids is 1. The fraction of sp³-hybridized carbons (Fsp3) is 0.273. The number of hydrogen-bond donors (Lipinski definition) is 3. The van der Waals surface area contributed by atoms with E-state index in [0.29, 0.717) is 16.3 Å². The SMILES string of the molecule is Cc1ncsc1C(=O)NC(Cc1cnc[nH]1)C(=O)O. The number of rotatable bonds is 5. The lowest BCUT2D eigenvalue weighted by Crippen LogP contribution is -2.42. The van der Waals surface area contributed by atoms with Crippen molar-refractivity contribution >= 4 is 23.2 Å². The van der Waals surface area contributed by atoms with Crippen LogP contribution in [0, 0.1) is 6.92 Å². The number of hydrogen-bond acceptors (Lipinski definition) is 5. The van der Waals surface area contributed by atoms with Gasteiger partial charge in [0.05, 0.1) is 17.5 Å². The molecule has 0 aliphatic heterocycles. The number of imidazole rings is 1. The van der Waals surface area contributed by atoms with Crippen LogP contribution < -0.4 is 5.32 Å². The van der Waals surface area contributed by atoms with Gasteiger partial charge in [-0.15, -0.1) is 11.3 Å². The van der Waals surface area contributed by atoms with Crippen LogP contribution in [-0.2, 0) is 11.2 Å². The number of nitrogens with one attached hydrogen (secondary N) is 2. The predicted molar refractivity (Wildman–Crippen MR) is 68.0 cm³/mol. The van der Waals surface area contributed by atoms with E-state index in [2.05, 4.69) is 20.3 Å². The van der Waals surface area contributed by atoms with Crippen LogP contribution in [0.25, 0.3) is 0 Å². The van der Waals surface area contributed by atoms with Gasteiger partial charge in [0.1, 0.15) is 10.9 Å². The van der Waals surface area contributed by atoms with Crippen molar-refractivity contribution in [3.63, 3.8) is 0 Å². The third-order valence-corrected chi connectivity index (χ3v) is 3.46. The van der Waals surface area contributed by atoms with Crippen LogP contribution in [0.5, 0.6) is 0 Å². The Balaban J connectivity index is 2.07. The molecule has 0 spiro atoms. The molecule has 0 aliphatic carbocycles. The number of aromatic amines is 1. The normalized spacial score (nSPS) is 12.1. The summed E-state index contributed by atoms with van der Waals surface area (Å²) in [6.45, 7) is 1.70. The third kappa shape index (κ3) is 3.16. The van der Waals surface area contributed by atoms with Gasteiger partial charge in [-0.25, -0.2) is 14.8 Å². The predicted octanol–water partition coefficient (Wildman–Crippen LogP) is 0.600. The molecule has 0 bridgehead atoms. The van der Waals surface area contributed by atoms with Crippen molar-refractivity contribution in [2.45, 2.75) is 19.4 Å². The Labute approximate surface area is 112 Å². The van der Waals surface area contributed by atoms with Gasteiger partial charge in [-0.1, -0.05) is 0 Å². The lowest BCUT2D eigenvalue weighted by molar-refractivity contribution is -0.139. The molecule has 0 saturated carbocycles. The van der Waals surface area contributed by atoms with Crippen molar-refractivity contribution < 1.29 is 14.7 Å². The van der Waals surface area contributed by atoms with Crippen LogP contribution in [0.3, 0.4) is 0 Å². The van der Waals surface area contributed by atoms with Crippen LogP contribution in [-0.4, -0.2) is 38.0 Å². The van der Waals surface area contributed by atoms with Gasteiger partial charge in [-0.3, -0.25) is 4.79 Å². The fourth-order valence-corrected chi connectivity index (χ4v) is 2.27. The highest BCUT2D eigenvalue weighted by molar-refractivity contribution is 7.11. The molecule has 0 fully saturated rings. The second-order valence-corrected chi connectivity index (χ2v) is 4.77. The van der Waals surface area contributed by atoms with Crippen molar-refractivity contribution in [1.29, 1.82) is 0 Å². The summed E-state index contributed by atoms with van der Waals surface area (Å²) in [6.07, 6.45) is 3.14. The van der Waals surface area contributed by atoms with E-state index in [9.17, 15) is 9.59 Å². The summed E-state index contributed by atoms with van der Waals surface area (Å²) in [4.78, 5) is 34.1. The zero-order valence-corrected chi connectivity index (χ0v) is 10.9. The first-order chi connectivity index (χ1) is 9.08. The molecule has 7 nitrogen and oxygen atoms in total. The Morgan fingerprint density at radius 2 is 2.37 bits per heavy atom. The highest BCUT2D eigenvalue weighted by Crippen LogP contribution is 2.12. The van der Waals surface area contributed by atoms with Crippen LogP contribution in [0.4, 0.5) is 0 Å². The number of aromatic nitrogens is 3. The summed E-state index contributed by atoms with van der Waals surface area (Å²) in [5.41, 5.74) is 2.79. The van der Waals surface area contributed by atoms with Crippen molar-refractivity contribution in [3.05, 3.63) is 34.3 Å². The quantitative estimate of drug-likeness (QED) is 0.743. The van der Waals surface area contributed by atoms with E-state index in [1.54, 1.807) is 12.4 Å². The lowest BCUT2D eigenvalue weighted by atomic mass is 10.1. The van der Waals surface area contributed by atoms with Crippen LogP contribution >= 0.6 is 11.3 Å². The van der Waals surface area contributed by atoms with Crippen molar-refractivity contribution in [2.24, 2.45) is 0 Å². The van der Waals surface area contributed by atoms with Crippen LogP contribution in [0.2, 0.25) is 0 Å². The van der Waals surface area contributed by atoms with E-state index in [-0.39, 0.29) is 6.42 Å². The van der Waals surface area contributed by atoms with E-state index in [1.807, 2.05) is 0 Å². The summed E-state index contributed by atoms with van der Waals surface area (Å²) in [6, 6.07) is -1.01. The third-order valence-electron chi connectivity index (χ3n) is 2.53. The Morgan fingerprint density at radius 3 is 2.89 bits per heavy atom. The maximum absolute atomic E-state index is 11.9. The standard InChI is InChI=1S/C11H12N4O3S/c1-6-9(19-5-14-6)10(16)15-8(11(17)18)2-7-3-12-4-13-7/h3-5,8H,2H2,1H3,(H,12,13)(H,15,16)(H,17,18). The van der Waals surface area contributed by atoms with Gasteiger partial charge in [0.25, 0.3) is 5.91 Å². The highest BCUT2D eigenvalue weighted by atomic mass is 32.1. The number of carboxylic acids is 1. The lowest BCUT2D eigenvalue weighted by Gasteiger charge is -2.13. The maximum Gasteiger partial charge on any atom is 0.326 e. The molecule has 2 heterocycles. The largest absolute Gasteiger partial charge is 0.480 e. The topological polar surface area (TPSA) is 108 Å². The van der Waals surface area contributed by atoms with Gasteiger partial charge >= 0.3 is 5.97 Å². The molecular formula is C11H12N4O3S. The van der Waals surface area contributed by atoms with Crippen molar-refractivity contribution in [2.75, 3.05) is 0 Å². The Hall–Kier alpha value is -2.22. The summed E-state index contributed by atoms with van der Waals surface area (Å²) in [5.74, 6) is -1.52. The molecule has 0 aliphatic rings. The molecule has 3 N–H and O–H groups in total. The number of carboxylic acid groups (broad SMARTS) is 1. The number of thiazole rings is 1. The Morgan fingerprint density at radius 1 is 1.58 bits per heavy atom. The molecule has 2 rings (SSSR count). The first-order valence-corrected chi connectivity index (χ1v) is 6.37. The average Bonchev–Trinajstić information content (AvgIpc) is 2.99. The molecule has 8 heteroatoms. The van der Waals surface area contributed by atoms with E-state index < -0.39 is 17.9 Å². The first-order valence-electron chi connectivity index (χ1n) is 5.49. The van der Waals surface area contributed by atoms with Gasteiger partial charge in [0, 0.05) is 18.3 Å². The number of amides is 1. The Bertz CT molecular complexity index is 579. The number of nitrogens with zero attached hydrogens (tertiary/aromatic N) is 2. The molecule has 1 amide bonds. The summed E-state index contributed by atoms with van der Waals surface area (Å²) >= 11 is 1.18. The van der Waals surface area contributed by atoms with Gasteiger partial charge in [0.15, 0.2) is 0 Å². The average molecular weight is 280 g/mol. The maximum atomic E-state index is 11.9. The van der Waals surface area contributed by atoms with Crippen LogP contribution in [0.1, 0.15) is 21.1 Å². The van der Waals surface area contributed by atoms with Gasteiger partial charge in [0.2, 0.25) is 0 Å². The summed E-state index contributed by atoms with van der Waals surface area (Å²) < 4.78 is 0. The first kappa shape index (κ1) is 13.2. The van der Waals surface area contributed by atoms with Crippen LogP contribution in [0.15, 0.2) is 18.0 Å². The van der Waals surface area contributed by atoms with Gasteiger partial charge in [-0.2, -0.15) is 0 Å². The monoisotopic (exact) mass is 280 g/mol. The molecule has 0 radical (unpaired) electrons. The van der Waals surface area contributed by atoms with E-state index in [1.165, 1.54) is 23.9 Å². The molecule has 0 saturated heterocycles. The number of carbonyl (C=O) groups is 2. The molecule has 100 valence electrons. The molecule has 1 atom stereocenters. The molecule has 0 aromatic carbocycles. The molecule has 19 heavy (non-hydrogen) atoms. The van der Waals surface area contributed by atoms with Gasteiger partial charge in [-0.05, 0) is 6.92 Å². The van der Waals surface area contributed by atoms with E-state index >= 15 is 0 Å². The van der Waals surface area contributed by atoms with E-state index in [0.717, 1.165) is 0 Å². The number of H-pyrrole nitrogens is 1. The minimum atomic E-state index is -1.09. The van der Waals surface area contributed by atoms with Crippen molar-refractivity contribution in [3.8, 4) is 0 Å². The minimum Gasteiger partial charge on any atom is -0.480 e. The zero-order valence-electron chi connectivity index (χ0n) is 10.1. The van der Waals surface area contributed by atoms with E-state index in [4.69, 9.17) is 5.11 Å². The summed E-state index contributed by atoms with van der Waals surface area (Å²) in [5, 5.41) is 11.6. The van der Waals surface area contributed by atoms with Crippen molar-refractivity contribution in [1.82, 2.24) is 20.3 Å².